The van der Waals surface area contributed by atoms with E-state index in [0.717, 1.165) is 29.1 Å². The van der Waals surface area contributed by atoms with Crippen molar-refractivity contribution in [3.8, 4) is 11.3 Å². The third-order valence-electron chi connectivity index (χ3n) is 2.78. The summed E-state index contributed by atoms with van der Waals surface area (Å²) in [7, 11) is 4.10. The van der Waals surface area contributed by atoms with Crippen molar-refractivity contribution in [1.29, 1.82) is 0 Å². The Morgan fingerprint density at radius 2 is 1.74 bits per heavy atom. The Bertz CT molecular complexity index is 589. The van der Waals surface area contributed by atoms with Crippen molar-refractivity contribution in [3.63, 3.8) is 0 Å². The standard InChI is InChI=1S/C16H19N3.2C2H6/c1-12(2)15-6-5-7-16(18-15)14-8-13(9-17-10-14)11-19(3)4;2*1-2/h5-10H,1,11H2,2-4H3;2*1-2H3. The lowest BCUT2D eigenvalue weighted by molar-refractivity contribution is 0.402. The van der Waals surface area contributed by atoms with E-state index in [1.165, 1.54) is 5.56 Å². The third kappa shape index (κ3) is 7.20. The van der Waals surface area contributed by atoms with Crippen LogP contribution in [-0.2, 0) is 6.54 Å². The molecule has 0 aromatic carbocycles. The van der Waals surface area contributed by atoms with Gasteiger partial charge >= 0.3 is 0 Å². The van der Waals surface area contributed by atoms with Gasteiger partial charge < -0.3 is 4.90 Å². The molecule has 0 aliphatic rings. The van der Waals surface area contributed by atoms with E-state index >= 15 is 0 Å². The Balaban J connectivity index is 0.00000112. The van der Waals surface area contributed by atoms with Gasteiger partial charge in [-0.1, -0.05) is 40.3 Å². The summed E-state index contributed by atoms with van der Waals surface area (Å²) in [5, 5.41) is 0. The molecule has 2 aromatic heterocycles. The predicted octanol–water partition coefficient (Wildman–Crippen LogP) is 5.29. The van der Waals surface area contributed by atoms with Gasteiger partial charge in [-0.15, -0.1) is 0 Å². The smallest absolute Gasteiger partial charge is 0.0724 e. The molecule has 0 spiro atoms. The first-order chi connectivity index (χ1) is 11.1. The van der Waals surface area contributed by atoms with Gasteiger partial charge in [0, 0.05) is 24.5 Å². The molecule has 2 rings (SSSR count). The van der Waals surface area contributed by atoms with Crippen molar-refractivity contribution in [2.24, 2.45) is 0 Å². The molecule has 0 atom stereocenters. The van der Waals surface area contributed by atoms with Gasteiger partial charge in [-0.25, -0.2) is 4.98 Å². The normalized spacial score (nSPS) is 9.39. The fourth-order valence-corrected chi connectivity index (χ4v) is 1.91. The summed E-state index contributed by atoms with van der Waals surface area (Å²) in [4.78, 5) is 11.0. The van der Waals surface area contributed by atoms with E-state index in [1.807, 2.05) is 79.3 Å². The van der Waals surface area contributed by atoms with Crippen molar-refractivity contribution in [3.05, 3.63) is 54.5 Å². The van der Waals surface area contributed by atoms with E-state index in [2.05, 4.69) is 27.5 Å². The minimum absolute atomic E-state index is 0.876. The lowest BCUT2D eigenvalue weighted by Crippen LogP contribution is -2.10. The van der Waals surface area contributed by atoms with Gasteiger partial charge in [-0.05, 0) is 50.4 Å². The minimum Gasteiger partial charge on any atom is -0.305 e. The van der Waals surface area contributed by atoms with Gasteiger partial charge in [0.15, 0.2) is 0 Å². The Kier molecular flexibility index (Phi) is 10.5. The number of nitrogens with zero attached hydrogens (tertiary/aromatic N) is 3. The van der Waals surface area contributed by atoms with E-state index in [9.17, 15) is 0 Å². The van der Waals surface area contributed by atoms with Crippen LogP contribution in [0.2, 0.25) is 0 Å². The Hall–Kier alpha value is -2.00. The maximum atomic E-state index is 4.61. The number of allylic oxidation sites excluding steroid dienone is 1. The molecule has 0 saturated heterocycles. The van der Waals surface area contributed by atoms with Gasteiger partial charge in [-0.3, -0.25) is 4.98 Å². The van der Waals surface area contributed by atoms with Gasteiger partial charge in [0.2, 0.25) is 0 Å². The van der Waals surface area contributed by atoms with Gasteiger partial charge in [0.25, 0.3) is 0 Å². The SMILES string of the molecule is C=C(C)c1cccc(-c2cncc(CN(C)C)c2)n1.CC.CC. The van der Waals surface area contributed by atoms with Crippen LogP contribution in [0.5, 0.6) is 0 Å². The van der Waals surface area contributed by atoms with Crippen molar-refractivity contribution in [2.75, 3.05) is 14.1 Å². The number of rotatable bonds is 4. The van der Waals surface area contributed by atoms with Crippen molar-refractivity contribution in [1.82, 2.24) is 14.9 Å². The number of aromatic nitrogens is 2. The molecule has 0 fully saturated rings. The minimum atomic E-state index is 0.876. The van der Waals surface area contributed by atoms with Crippen LogP contribution in [0.25, 0.3) is 16.8 Å². The summed E-state index contributed by atoms with van der Waals surface area (Å²) >= 11 is 0. The summed E-state index contributed by atoms with van der Waals surface area (Å²) < 4.78 is 0. The Morgan fingerprint density at radius 3 is 2.30 bits per heavy atom. The molecule has 0 aliphatic heterocycles. The van der Waals surface area contributed by atoms with E-state index < -0.39 is 0 Å². The molecule has 0 aliphatic carbocycles. The van der Waals surface area contributed by atoms with Crippen molar-refractivity contribution < 1.29 is 0 Å². The molecule has 23 heavy (non-hydrogen) atoms. The summed E-state index contributed by atoms with van der Waals surface area (Å²) in [6.45, 7) is 14.8. The summed E-state index contributed by atoms with van der Waals surface area (Å²) in [5.74, 6) is 0. The average molecular weight is 313 g/mol. The second-order valence-corrected chi connectivity index (χ2v) is 5.01. The molecule has 0 bridgehead atoms. The highest BCUT2D eigenvalue weighted by atomic mass is 15.0. The zero-order valence-electron chi connectivity index (χ0n) is 15.7. The van der Waals surface area contributed by atoms with Crippen LogP contribution < -0.4 is 0 Å². The summed E-state index contributed by atoms with van der Waals surface area (Å²) in [5.41, 5.74) is 5.07. The lowest BCUT2D eigenvalue weighted by atomic mass is 10.1. The maximum absolute atomic E-state index is 4.61. The van der Waals surface area contributed by atoms with E-state index in [-0.39, 0.29) is 0 Å². The van der Waals surface area contributed by atoms with Crippen LogP contribution in [0.1, 0.15) is 45.9 Å². The summed E-state index contributed by atoms with van der Waals surface area (Å²) in [6.07, 6.45) is 3.75. The van der Waals surface area contributed by atoms with Crippen molar-refractivity contribution >= 4 is 5.57 Å². The second-order valence-electron chi connectivity index (χ2n) is 5.01. The topological polar surface area (TPSA) is 29.0 Å². The van der Waals surface area contributed by atoms with Gasteiger partial charge in [0.05, 0.1) is 11.4 Å². The average Bonchev–Trinajstić information content (AvgIpc) is 2.58. The number of hydrogen-bond donors (Lipinski definition) is 0. The van der Waals surface area contributed by atoms with Gasteiger partial charge in [0.1, 0.15) is 0 Å². The first-order valence-electron chi connectivity index (χ1n) is 8.28. The molecule has 2 heterocycles. The van der Waals surface area contributed by atoms with Crippen LogP contribution >= 0.6 is 0 Å². The highest BCUT2D eigenvalue weighted by Crippen LogP contribution is 2.20. The van der Waals surface area contributed by atoms with Crippen LogP contribution in [0.4, 0.5) is 0 Å². The molecule has 126 valence electrons. The van der Waals surface area contributed by atoms with E-state index in [0.29, 0.717) is 0 Å². The number of pyridine rings is 2. The Labute approximate surface area is 142 Å². The highest BCUT2D eigenvalue weighted by Gasteiger charge is 2.04. The second kappa shape index (κ2) is 11.6. The van der Waals surface area contributed by atoms with E-state index in [1.54, 1.807) is 0 Å². The van der Waals surface area contributed by atoms with Crippen molar-refractivity contribution in [2.45, 2.75) is 41.2 Å². The van der Waals surface area contributed by atoms with Crippen LogP contribution in [-0.4, -0.2) is 29.0 Å². The monoisotopic (exact) mass is 313 g/mol. The maximum Gasteiger partial charge on any atom is 0.0724 e. The molecular formula is C20H31N3. The molecule has 0 amide bonds. The fourth-order valence-electron chi connectivity index (χ4n) is 1.91. The molecule has 3 heteroatoms. The molecule has 3 nitrogen and oxygen atoms in total. The zero-order valence-corrected chi connectivity index (χ0v) is 15.7. The summed E-state index contributed by atoms with van der Waals surface area (Å²) in [6, 6.07) is 8.12. The molecular weight excluding hydrogens is 282 g/mol. The fraction of sp³-hybridized carbons (Fsp3) is 0.400. The largest absolute Gasteiger partial charge is 0.305 e. The first-order valence-corrected chi connectivity index (χ1v) is 8.28. The van der Waals surface area contributed by atoms with E-state index in [4.69, 9.17) is 0 Å². The van der Waals surface area contributed by atoms with Crippen LogP contribution in [0, 0.1) is 0 Å². The Morgan fingerprint density at radius 1 is 1.09 bits per heavy atom. The van der Waals surface area contributed by atoms with Crippen LogP contribution in [0.15, 0.2) is 43.2 Å². The van der Waals surface area contributed by atoms with Gasteiger partial charge in [-0.2, -0.15) is 0 Å². The predicted molar refractivity (Wildman–Crippen MR) is 102 cm³/mol. The lowest BCUT2D eigenvalue weighted by Gasteiger charge is -2.10. The molecule has 0 radical (unpaired) electrons. The zero-order chi connectivity index (χ0) is 17.8. The third-order valence-corrected chi connectivity index (χ3v) is 2.78. The molecule has 0 unspecified atom stereocenters. The highest BCUT2D eigenvalue weighted by molar-refractivity contribution is 5.64. The first kappa shape index (κ1) is 21.0. The quantitative estimate of drug-likeness (QED) is 0.768. The number of hydrogen-bond acceptors (Lipinski definition) is 3. The molecule has 0 saturated carbocycles. The molecule has 2 aromatic rings. The molecule has 0 N–H and O–H groups in total. The van der Waals surface area contributed by atoms with Crippen LogP contribution in [0.3, 0.4) is 0 Å².